The number of carbonyl (C=O) groups is 4. The van der Waals surface area contributed by atoms with E-state index in [1.165, 1.54) is 25.7 Å². The minimum atomic E-state index is -0.559. The summed E-state index contributed by atoms with van der Waals surface area (Å²) in [5.74, 6) is -1.22. The third-order valence-electron chi connectivity index (χ3n) is 9.79. The van der Waals surface area contributed by atoms with Crippen LogP contribution in [0.2, 0.25) is 0 Å². The van der Waals surface area contributed by atoms with E-state index in [0.717, 1.165) is 73.4 Å². The van der Waals surface area contributed by atoms with Gasteiger partial charge in [-0.25, -0.2) is 0 Å². The smallest absolute Gasteiger partial charge is 0.174 e. The lowest BCUT2D eigenvalue weighted by molar-refractivity contribution is 0.0777. The van der Waals surface area contributed by atoms with Gasteiger partial charge in [0, 0.05) is 33.0 Å². The van der Waals surface area contributed by atoms with Crippen LogP contribution in [0.15, 0.2) is 72.8 Å². The van der Waals surface area contributed by atoms with E-state index in [-0.39, 0.29) is 57.1 Å². The van der Waals surface area contributed by atoms with Crippen molar-refractivity contribution in [2.24, 2.45) is 11.8 Å². The quantitative estimate of drug-likeness (QED) is 0.0822. The van der Waals surface area contributed by atoms with Crippen LogP contribution in [0.25, 0.3) is 21.5 Å². The fourth-order valence-electron chi connectivity index (χ4n) is 7.34. The molecule has 0 amide bonds. The lowest BCUT2D eigenvalue weighted by atomic mass is 9.78. The Labute approximate surface area is 304 Å². The van der Waals surface area contributed by atoms with E-state index in [1.807, 2.05) is 72.8 Å². The van der Waals surface area contributed by atoms with Crippen LogP contribution in [0.3, 0.4) is 0 Å². The Morgan fingerprint density at radius 2 is 0.688 bits per heavy atom. The number of unbranched alkanes of at least 4 members (excludes halogenated alkanes) is 5. The highest BCUT2D eigenvalue weighted by molar-refractivity contribution is 8.93. The lowest BCUT2D eigenvalue weighted by Gasteiger charge is -2.23. The summed E-state index contributed by atoms with van der Waals surface area (Å²) < 4.78 is 0. The van der Waals surface area contributed by atoms with Crippen molar-refractivity contribution in [1.82, 2.24) is 10.6 Å². The molecule has 0 heterocycles. The molecule has 48 heavy (non-hydrogen) atoms. The Balaban J connectivity index is 0.00000260. The molecule has 2 N–H and O–H groups in total. The van der Waals surface area contributed by atoms with Gasteiger partial charge in [0.1, 0.15) is 0 Å². The second-order valence-electron chi connectivity index (χ2n) is 12.9. The molecule has 0 unspecified atom stereocenters. The molecular formula is C40H46Br2N2O4. The number of hydrogen-bond donors (Lipinski definition) is 2. The molecule has 0 radical (unpaired) electrons. The number of ketones is 4. The van der Waals surface area contributed by atoms with Gasteiger partial charge in [-0.1, -0.05) is 98.5 Å². The van der Waals surface area contributed by atoms with Gasteiger partial charge in [0.2, 0.25) is 0 Å². The number of Topliss-reactive ketones (excluding diaryl/α,β-unsaturated/α-hetero) is 4. The predicted octanol–water partition coefficient (Wildman–Crippen LogP) is 8.92. The molecule has 0 bridgehead atoms. The highest BCUT2D eigenvalue weighted by atomic mass is 79.9. The SMILES string of the molecule is Br.Br.O=C1c2cccc3cccc(c23)C(=O)C1CCCNCCCCCCCCNCCCC1C(=O)c2cccc3cccc(c23)C1=O. The van der Waals surface area contributed by atoms with Gasteiger partial charge in [0.05, 0.1) is 11.8 Å². The lowest BCUT2D eigenvalue weighted by Crippen LogP contribution is -2.30. The van der Waals surface area contributed by atoms with Crippen LogP contribution in [0.4, 0.5) is 0 Å². The first-order valence-corrected chi connectivity index (χ1v) is 17.2. The van der Waals surface area contributed by atoms with E-state index in [0.29, 0.717) is 35.1 Å². The average Bonchev–Trinajstić information content (AvgIpc) is 3.08. The minimum absolute atomic E-state index is 0. The van der Waals surface area contributed by atoms with Crippen LogP contribution < -0.4 is 10.6 Å². The summed E-state index contributed by atoms with van der Waals surface area (Å²) >= 11 is 0. The summed E-state index contributed by atoms with van der Waals surface area (Å²) in [6.07, 6.45) is 9.89. The van der Waals surface area contributed by atoms with E-state index in [4.69, 9.17) is 0 Å². The van der Waals surface area contributed by atoms with E-state index < -0.39 is 11.8 Å². The van der Waals surface area contributed by atoms with Crippen molar-refractivity contribution in [2.45, 2.75) is 64.2 Å². The van der Waals surface area contributed by atoms with Crippen LogP contribution in [-0.4, -0.2) is 49.3 Å². The highest BCUT2D eigenvalue weighted by Gasteiger charge is 2.36. The van der Waals surface area contributed by atoms with E-state index >= 15 is 0 Å². The highest BCUT2D eigenvalue weighted by Crippen LogP contribution is 2.35. The Bertz CT molecular complexity index is 1540. The molecule has 6 nitrogen and oxygen atoms in total. The molecule has 0 aliphatic heterocycles. The predicted molar refractivity (Wildman–Crippen MR) is 205 cm³/mol. The first kappa shape index (κ1) is 37.8. The van der Waals surface area contributed by atoms with Gasteiger partial charge in [0.15, 0.2) is 23.1 Å². The molecule has 4 aromatic carbocycles. The van der Waals surface area contributed by atoms with E-state index in [9.17, 15) is 19.2 Å². The van der Waals surface area contributed by atoms with Gasteiger partial charge in [-0.3, -0.25) is 19.2 Å². The summed E-state index contributed by atoms with van der Waals surface area (Å²) in [4.78, 5) is 52.3. The third-order valence-corrected chi connectivity index (χ3v) is 9.79. The molecule has 2 aliphatic carbocycles. The van der Waals surface area contributed by atoms with Crippen LogP contribution in [0, 0.1) is 11.8 Å². The summed E-state index contributed by atoms with van der Waals surface area (Å²) in [6, 6.07) is 22.9. The topological polar surface area (TPSA) is 92.3 Å². The number of rotatable bonds is 17. The molecule has 0 fully saturated rings. The first-order valence-electron chi connectivity index (χ1n) is 17.2. The van der Waals surface area contributed by atoms with Crippen molar-refractivity contribution in [3.05, 3.63) is 95.1 Å². The summed E-state index contributed by atoms with van der Waals surface area (Å²) in [5.41, 5.74) is 2.77. The van der Waals surface area contributed by atoms with Crippen molar-refractivity contribution >= 4 is 78.6 Å². The van der Waals surface area contributed by atoms with Crippen molar-refractivity contribution in [1.29, 1.82) is 0 Å². The normalized spacial score (nSPS) is 14.4. The largest absolute Gasteiger partial charge is 0.317 e. The summed E-state index contributed by atoms with van der Waals surface area (Å²) in [5, 5.41) is 10.5. The standard InChI is InChI=1S/C40H44N2O4.2BrH/c43-37-29-17-7-13-27-14-8-18-30(35(27)29)38(44)33(37)21-11-25-41-23-5-3-1-2-4-6-24-42-26-12-22-34-39(45)31-19-9-15-28-16-10-20-32(36(28)31)40(34)46;;/h7-10,13-20,33-34,41-42H,1-6,11-12,21-26H2;2*1H. The zero-order chi connectivity index (χ0) is 31.9. The molecule has 8 heteroatoms. The second kappa shape index (κ2) is 18.1. The summed E-state index contributed by atoms with van der Waals surface area (Å²) in [7, 11) is 0. The van der Waals surface area contributed by atoms with Crippen LogP contribution in [-0.2, 0) is 0 Å². The first-order chi connectivity index (χ1) is 22.6. The third kappa shape index (κ3) is 8.21. The zero-order valence-corrected chi connectivity index (χ0v) is 30.9. The van der Waals surface area contributed by atoms with Crippen molar-refractivity contribution in [2.75, 3.05) is 26.2 Å². The molecule has 4 aromatic rings. The van der Waals surface area contributed by atoms with Crippen molar-refractivity contribution in [3.8, 4) is 0 Å². The maximum atomic E-state index is 13.1. The maximum Gasteiger partial charge on any atom is 0.174 e. The Hall–Kier alpha value is -3.04. The maximum absolute atomic E-state index is 13.1. The molecule has 0 saturated carbocycles. The molecule has 0 atom stereocenters. The fraction of sp³-hybridized carbons (Fsp3) is 0.400. The molecule has 6 rings (SSSR count). The van der Waals surface area contributed by atoms with Crippen molar-refractivity contribution < 1.29 is 19.2 Å². The fourth-order valence-corrected chi connectivity index (χ4v) is 7.34. The summed E-state index contributed by atoms with van der Waals surface area (Å²) in [6.45, 7) is 3.56. The monoisotopic (exact) mass is 776 g/mol. The Kier molecular flexibility index (Phi) is 14.2. The van der Waals surface area contributed by atoms with Gasteiger partial charge in [0.25, 0.3) is 0 Å². The molecule has 254 valence electrons. The van der Waals surface area contributed by atoms with Crippen LogP contribution in [0.1, 0.15) is 106 Å². The Morgan fingerprint density at radius 3 is 1.02 bits per heavy atom. The van der Waals surface area contributed by atoms with Gasteiger partial charge < -0.3 is 10.6 Å². The minimum Gasteiger partial charge on any atom is -0.317 e. The van der Waals surface area contributed by atoms with Gasteiger partial charge in [-0.05, 0) is 75.5 Å². The number of halogens is 2. The molecule has 2 aliphatic rings. The Morgan fingerprint density at radius 1 is 0.396 bits per heavy atom. The number of nitrogens with one attached hydrogen (secondary N) is 2. The molecule has 0 saturated heterocycles. The van der Waals surface area contributed by atoms with Gasteiger partial charge in [-0.15, -0.1) is 34.0 Å². The van der Waals surface area contributed by atoms with E-state index in [1.54, 1.807) is 0 Å². The van der Waals surface area contributed by atoms with Crippen LogP contribution in [0.5, 0.6) is 0 Å². The number of hydrogen-bond acceptors (Lipinski definition) is 6. The van der Waals surface area contributed by atoms with Gasteiger partial charge in [-0.2, -0.15) is 0 Å². The second-order valence-corrected chi connectivity index (χ2v) is 12.9. The molecule has 0 aromatic heterocycles. The van der Waals surface area contributed by atoms with Crippen molar-refractivity contribution in [3.63, 3.8) is 0 Å². The van der Waals surface area contributed by atoms with E-state index in [2.05, 4.69) is 10.6 Å². The average molecular weight is 779 g/mol. The molecule has 0 spiro atoms. The van der Waals surface area contributed by atoms with Gasteiger partial charge >= 0.3 is 0 Å². The van der Waals surface area contributed by atoms with Crippen LogP contribution >= 0.6 is 34.0 Å². The molecular weight excluding hydrogens is 732 g/mol. The number of benzene rings is 4. The number of carbonyl (C=O) groups excluding carboxylic acids is 4. The zero-order valence-electron chi connectivity index (χ0n) is 27.4.